The lowest BCUT2D eigenvalue weighted by molar-refractivity contribution is -0.424. The second-order valence-electron chi connectivity index (χ2n) is 5.65. The van der Waals surface area contributed by atoms with Crippen molar-refractivity contribution in [3.05, 3.63) is 71.3 Å². The first-order valence-electron chi connectivity index (χ1n) is 7.03. The van der Waals surface area contributed by atoms with Crippen molar-refractivity contribution in [1.29, 1.82) is 0 Å². The average Bonchev–Trinajstić information content (AvgIpc) is 2.54. The third-order valence-electron chi connectivity index (χ3n) is 3.83. The minimum absolute atomic E-state index is 0.297. The maximum Gasteiger partial charge on any atom is 0.341 e. The van der Waals surface area contributed by atoms with Crippen molar-refractivity contribution < 1.29 is 35.4 Å². The van der Waals surface area contributed by atoms with Gasteiger partial charge < -0.3 is 30.6 Å². The Kier molecular flexibility index (Phi) is 4.60. The summed E-state index contributed by atoms with van der Waals surface area (Å²) in [5, 5.41) is 56.0. The molecule has 0 aliphatic heterocycles. The topological polar surface area (TPSA) is 138 Å². The number of aliphatic hydroxyl groups is 6. The summed E-state index contributed by atoms with van der Waals surface area (Å²) in [6, 6.07) is 13.9. The van der Waals surface area contributed by atoms with E-state index in [1.807, 2.05) is 0 Å². The average molecular weight is 334 g/mol. The first-order chi connectivity index (χ1) is 11.0. The minimum Gasteiger partial charge on any atom is -0.381 e. The summed E-state index contributed by atoms with van der Waals surface area (Å²) in [5.41, 5.74) is -0.612. The van der Waals surface area contributed by atoms with Crippen LogP contribution in [0.2, 0.25) is 0 Å². The number of carbonyl (C=O) groups excluding carboxylic acids is 1. The van der Waals surface area contributed by atoms with E-state index in [1.54, 1.807) is 37.3 Å². The van der Waals surface area contributed by atoms with Crippen LogP contribution < -0.4 is 0 Å². The Hall–Kier alpha value is -2.13. The standard InChI is InChI=1S/C17H18O7/c1-15(19,12-5-3-2-4-6-12)13-9-7-11(8-10-13)14(18)16(20,21)17(22,23)24/h2-10,19-24H,1H3. The van der Waals surface area contributed by atoms with E-state index in [1.165, 1.54) is 24.3 Å². The van der Waals surface area contributed by atoms with Crippen LogP contribution in [0, 0.1) is 0 Å². The maximum atomic E-state index is 11.9. The van der Waals surface area contributed by atoms with Gasteiger partial charge in [-0.05, 0) is 18.1 Å². The number of Topliss-reactive ketones (excluding diaryl/α,β-unsaturated/α-hetero) is 1. The first-order valence-corrected chi connectivity index (χ1v) is 7.03. The molecular formula is C17H18O7. The molecule has 24 heavy (non-hydrogen) atoms. The largest absolute Gasteiger partial charge is 0.381 e. The van der Waals surface area contributed by atoms with Crippen LogP contribution in [0.1, 0.15) is 28.4 Å². The highest BCUT2D eigenvalue weighted by Crippen LogP contribution is 2.29. The molecule has 0 bridgehead atoms. The summed E-state index contributed by atoms with van der Waals surface area (Å²) in [7, 11) is 0. The van der Waals surface area contributed by atoms with Crippen LogP contribution >= 0.6 is 0 Å². The highest BCUT2D eigenvalue weighted by atomic mass is 16.7. The van der Waals surface area contributed by atoms with E-state index in [0.717, 1.165) is 0 Å². The normalized spacial score (nSPS) is 15.0. The molecule has 7 nitrogen and oxygen atoms in total. The van der Waals surface area contributed by atoms with Crippen LogP contribution in [0.15, 0.2) is 54.6 Å². The fourth-order valence-corrected chi connectivity index (χ4v) is 2.23. The van der Waals surface area contributed by atoms with E-state index in [2.05, 4.69) is 0 Å². The lowest BCUT2D eigenvalue weighted by Crippen LogP contribution is -2.59. The van der Waals surface area contributed by atoms with Gasteiger partial charge in [-0.15, -0.1) is 0 Å². The van der Waals surface area contributed by atoms with Crippen molar-refractivity contribution in [2.45, 2.75) is 24.3 Å². The molecule has 0 radical (unpaired) electrons. The molecule has 0 saturated carbocycles. The van der Waals surface area contributed by atoms with Crippen LogP contribution in [0.5, 0.6) is 0 Å². The summed E-state index contributed by atoms with van der Waals surface area (Å²) in [6.45, 7) is 1.56. The van der Waals surface area contributed by atoms with Gasteiger partial charge in [-0.1, -0.05) is 54.6 Å². The molecule has 0 saturated heterocycles. The fourth-order valence-electron chi connectivity index (χ4n) is 2.23. The van der Waals surface area contributed by atoms with E-state index >= 15 is 0 Å². The van der Waals surface area contributed by atoms with Crippen LogP contribution in [-0.4, -0.2) is 48.2 Å². The summed E-state index contributed by atoms with van der Waals surface area (Å²) in [5.74, 6) is -9.32. The zero-order chi connectivity index (χ0) is 18.2. The highest BCUT2D eigenvalue weighted by Gasteiger charge is 2.53. The number of ketones is 1. The van der Waals surface area contributed by atoms with Gasteiger partial charge in [0, 0.05) is 5.56 Å². The van der Waals surface area contributed by atoms with Crippen molar-refractivity contribution in [3.8, 4) is 0 Å². The van der Waals surface area contributed by atoms with E-state index < -0.39 is 23.1 Å². The van der Waals surface area contributed by atoms with Gasteiger partial charge in [-0.2, -0.15) is 0 Å². The molecule has 1 unspecified atom stereocenters. The number of carbonyl (C=O) groups is 1. The number of benzene rings is 2. The van der Waals surface area contributed by atoms with Crippen molar-refractivity contribution in [1.82, 2.24) is 0 Å². The van der Waals surface area contributed by atoms with Gasteiger partial charge in [0.15, 0.2) is 0 Å². The van der Waals surface area contributed by atoms with E-state index in [-0.39, 0.29) is 5.56 Å². The van der Waals surface area contributed by atoms with Gasteiger partial charge >= 0.3 is 11.8 Å². The van der Waals surface area contributed by atoms with Crippen LogP contribution in [0.3, 0.4) is 0 Å². The summed E-state index contributed by atoms with van der Waals surface area (Å²) in [4.78, 5) is 11.9. The lowest BCUT2D eigenvalue weighted by atomic mass is 9.87. The van der Waals surface area contributed by atoms with Gasteiger partial charge in [-0.3, -0.25) is 4.79 Å². The molecule has 0 fully saturated rings. The quantitative estimate of drug-likeness (QED) is 0.318. The molecule has 0 aliphatic carbocycles. The zero-order valence-corrected chi connectivity index (χ0v) is 12.8. The number of hydrogen-bond acceptors (Lipinski definition) is 7. The lowest BCUT2D eigenvalue weighted by Gasteiger charge is -2.28. The third-order valence-corrected chi connectivity index (χ3v) is 3.83. The summed E-state index contributed by atoms with van der Waals surface area (Å²) < 4.78 is 0. The summed E-state index contributed by atoms with van der Waals surface area (Å²) in [6.07, 6.45) is 0. The Balaban J connectivity index is 2.33. The third kappa shape index (κ3) is 3.22. The molecule has 128 valence electrons. The van der Waals surface area contributed by atoms with Crippen LogP contribution in [0.4, 0.5) is 0 Å². The van der Waals surface area contributed by atoms with E-state index in [4.69, 9.17) is 15.3 Å². The van der Waals surface area contributed by atoms with Gasteiger partial charge in [0.2, 0.25) is 5.78 Å². The van der Waals surface area contributed by atoms with Crippen molar-refractivity contribution >= 4 is 5.78 Å². The molecule has 1 atom stereocenters. The molecular weight excluding hydrogens is 316 g/mol. The zero-order valence-electron chi connectivity index (χ0n) is 12.8. The predicted molar refractivity (Wildman–Crippen MR) is 82.4 cm³/mol. The Bertz CT molecular complexity index is 713. The van der Waals surface area contributed by atoms with E-state index in [0.29, 0.717) is 11.1 Å². The van der Waals surface area contributed by atoms with Gasteiger partial charge in [0.25, 0.3) is 0 Å². The van der Waals surface area contributed by atoms with Crippen molar-refractivity contribution in [2.75, 3.05) is 0 Å². The number of hydrogen-bond donors (Lipinski definition) is 6. The van der Waals surface area contributed by atoms with E-state index in [9.17, 15) is 20.1 Å². The second-order valence-corrected chi connectivity index (χ2v) is 5.65. The van der Waals surface area contributed by atoms with Crippen molar-refractivity contribution in [2.24, 2.45) is 0 Å². The molecule has 2 aromatic carbocycles. The fraction of sp³-hybridized carbons (Fsp3) is 0.235. The van der Waals surface area contributed by atoms with Crippen LogP contribution in [0.25, 0.3) is 0 Å². The molecule has 2 aromatic rings. The molecule has 0 amide bonds. The molecule has 0 heterocycles. The molecule has 0 spiro atoms. The Morgan fingerprint density at radius 3 is 1.67 bits per heavy atom. The minimum atomic E-state index is -4.02. The highest BCUT2D eigenvalue weighted by molar-refractivity contribution is 6.01. The molecule has 6 N–H and O–H groups in total. The molecule has 0 aliphatic rings. The summed E-state index contributed by atoms with van der Waals surface area (Å²) >= 11 is 0. The van der Waals surface area contributed by atoms with Gasteiger partial charge in [-0.25, -0.2) is 0 Å². The Morgan fingerprint density at radius 2 is 1.21 bits per heavy atom. The van der Waals surface area contributed by atoms with Gasteiger partial charge in [0.1, 0.15) is 5.60 Å². The Morgan fingerprint density at radius 1 is 0.750 bits per heavy atom. The first kappa shape index (κ1) is 18.2. The SMILES string of the molecule is CC(O)(c1ccccc1)c1ccc(C(=O)C(O)(O)C(O)(O)O)cc1. The maximum absolute atomic E-state index is 11.9. The molecule has 0 aromatic heterocycles. The van der Waals surface area contributed by atoms with Crippen molar-refractivity contribution in [3.63, 3.8) is 0 Å². The smallest absolute Gasteiger partial charge is 0.341 e. The molecule has 7 heteroatoms. The predicted octanol–water partition coefficient (Wildman–Crippen LogP) is -0.563. The monoisotopic (exact) mass is 334 g/mol. The van der Waals surface area contributed by atoms with Crippen LogP contribution in [-0.2, 0) is 5.60 Å². The Labute approximate surface area is 137 Å². The molecule has 2 rings (SSSR count). The number of rotatable bonds is 5. The second kappa shape index (κ2) is 6.06. The van der Waals surface area contributed by atoms with Gasteiger partial charge in [0.05, 0.1) is 0 Å².